The normalized spacial score (nSPS) is 20.0. The number of amides is 1. The Hall–Kier alpha value is -2.04. The van der Waals surface area contributed by atoms with Crippen molar-refractivity contribution in [3.05, 3.63) is 29.8 Å². The van der Waals surface area contributed by atoms with E-state index >= 15 is 0 Å². The van der Waals surface area contributed by atoms with Crippen molar-refractivity contribution in [2.45, 2.75) is 26.7 Å². The third kappa shape index (κ3) is 3.78. The summed E-state index contributed by atoms with van der Waals surface area (Å²) in [6.45, 7) is 4.22. The quantitative estimate of drug-likeness (QED) is 0.809. The number of carboxylic acid groups (broad SMARTS) is 1. The van der Waals surface area contributed by atoms with Crippen molar-refractivity contribution >= 4 is 11.9 Å². The zero-order chi connectivity index (χ0) is 16.3. The van der Waals surface area contributed by atoms with Gasteiger partial charge in [-0.3, -0.25) is 9.59 Å². The first-order valence-corrected chi connectivity index (χ1v) is 7.47. The second kappa shape index (κ2) is 6.38. The van der Waals surface area contributed by atoms with Crippen molar-refractivity contribution in [3.8, 4) is 5.75 Å². The predicted molar refractivity (Wildman–Crippen MR) is 82.7 cm³/mol. The number of aliphatic carboxylic acids is 1. The van der Waals surface area contributed by atoms with Gasteiger partial charge in [0.2, 0.25) is 5.91 Å². The molecule has 1 fully saturated rings. The molecule has 0 heterocycles. The highest BCUT2D eigenvalue weighted by molar-refractivity contribution is 5.83. The molecule has 0 bridgehead atoms. The lowest BCUT2D eigenvalue weighted by atomic mass is 9.98. The Bertz CT molecular complexity index is 568. The smallest absolute Gasteiger partial charge is 0.308 e. The average molecular weight is 305 g/mol. The molecule has 2 rings (SSSR count). The van der Waals surface area contributed by atoms with Crippen molar-refractivity contribution in [2.24, 2.45) is 17.3 Å². The molecule has 0 aromatic heterocycles. The second-order valence-electron chi connectivity index (χ2n) is 6.54. The Balaban J connectivity index is 1.96. The summed E-state index contributed by atoms with van der Waals surface area (Å²) in [5.74, 6) is -0.948. The summed E-state index contributed by atoms with van der Waals surface area (Å²) in [5.41, 5.74) is 0.879. The van der Waals surface area contributed by atoms with Gasteiger partial charge in [-0.05, 0) is 29.9 Å². The molecule has 1 aromatic carbocycles. The molecule has 2 atom stereocenters. The topological polar surface area (TPSA) is 75.6 Å². The van der Waals surface area contributed by atoms with Crippen LogP contribution in [-0.4, -0.2) is 30.6 Å². The van der Waals surface area contributed by atoms with E-state index in [1.54, 1.807) is 13.2 Å². The van der Waals surface area contributed by atoms with Crippen LogP contribution in [0, 0.1) is 17.3 Å². The predicted octanol–water partition coefficient (Wildman–Crippen LogP) is 2.10. The molecule has 2 N–H and O–H groups in total. The highest BCUT2D eigenvalue weighted by atomic mass is 16.5. The average Bonchev–Trinajstić information content (AvgIpc) is 3.12. The van der Waals surface area contributed by atoms with Gasteiger partial charge in [0.05, 0.1) is 13.0 Å². The molecule has 5 heteroatoms. The van der Waals surface area contributed by atoms with Crippen molar-refractivity contribution < 1.29 is 19.4 Å². The van der Waals surface area contributed by atoms with Gasteiger partial charge in [-0.15, -0.1) is 0 Å². The molecule has 22 heavy (non-hydrogen) atoms. The molecule has 1 unspecified atom stereocenters. The van der Waals surface area contributed by atoms with E-state index in [0.717, 1.165) is 12.0 Å². The van der Waals surface area contributed by atoms with Crippen LogP contribution in [0.1, 0.15) is 25.8 Å². The van der Waals surface area contributed by atoms with Crippen LogP contribution in [0.2, 0.25) is 0 Å². The number of hydrogen-bond donors (Lipinski definition) is 2. The fourth-order valence-electron chi connectivity index (χ4n) is 2.65. The largest absolute Gasteiger partial charge is 0.496 e. The van der Waals surface area contributed by atoms with E-state index < -0.39 is 11.9 Å². The highest BCUT2D eigenvalue weighted by Crippen LogP contribution is 2.51. The van der Waals surface area contributed by atoms with E-state index in [-0.39, 0.29) is 23.8 Å². The minimum Gasteiger partial charge on any atom is -0.496 e. The maximum atomic E-state index is 12.0. The van der Waals surface area contributed by atoms with Crippen LogP contribution in [0.3, 0.4) is 0 Å². The van der Waals surface area contributed by atoms with Crippen LogP contribution in [0.5, 0.6) is 5.75 Å². The monoisotopic (exact) mass is 305 g/mol. The van der Waals surface area contributed by atoms with Gasteiger partial charge in [0.1, 0.15) is 5.75 Å². The summed E-state index contributed by atoms with van der Waals surface area (Å²) in [7, 11) is 1.56. The van der Waals surface area contributed by atoms with E-state index in [2.05, 4.69) is 5.32 Å². The lowest BCUT2D eigenvalue weighted by Gasteiger charge is -2.16. The van der Waals surface area contributed by atoms with Crippen LogP contribution in [0.25, 0.3) is 0 Å². The molecule has 0 aliphatic heterocycles. The first-order chi connectivity index (χ1) is 10.3. The Labute approximate surface area is 130 Å². The molecule has 0 spiro atoms. The van der Waals surface area contributed by atoms with Crippen LogP contribution < -0.4 is 10.1 Å². The lowest BCUT2D eigenvalue weighted by molar-refractivity contribution is -0.141. The summed E-state index contributed by atoms with van der Waals surface area (Å²) in [6.07, 6.45) is 1.19. The van der Waals surface area contributed by atoms with Gasteiger partial charge in [0.15, 0.2) is 0 Å². The van der Waals surface area contributed by atoms with E-state index in [9.17, 15) is 14.7 Å². The van der Waals surface area contributed by atoms with Crippen molar-refractivity contribution in [1.29, 1.82) is 0 Å². The van der Waals surface area contributed by atoms with E-state index in [4.69, 9.17) is 4.74 Å². The summed E-state index contributed by atoms with van der Waals surface area (Å²) in [5, 5.41) is 12.2. The van der Waals surface area contributed by atoms with Crippen LogP contribution >= 0.6 is 0 Å². The molecule has 0 radical (unpaired) electrons. The number of carbonyl (C=O) groups is 2. The summed E-state index contributed by atoms with van der Waals surface area (Å²) in [6, 6.07) is 7.34. The fraction of sp³-hybridized carbons (Fsp3) is 0.529. The number of ether oxygens (including phenoxy) is 1. The Kier molecular flexibility index (Phi) is 4.74. The number of hydrogen-bond acceptors (Lipinski definition) is 3. The van der Waals surface area contributed by atoms with Gasteiger partial charge >= 0.3 is 5.97 Å². The summed E-state index contributed by atoms with van der Waals surface area (Å²) < 4.78 is 5.25. The minimum absolute atomic E-state index is 0.00760. The Morgan fingerprint density at radius 2 is 2.05 bits per heavy atom. The number of benzene rings is 1. The SMILES string of the molecule is COc1ccccc1CC(CNC(=O)[C@H]1CC1(C)C)C(=O)O. The zero-order valence-electron chi connectivity index (χ0n) is 13.3. The molecular formula is C17H23NO4. The standard InChI is InChI=1S/C17H23NO4/c1-17(2)9-13(17)15(19)18-10-12(16(20)21)8-11-6-4-5-7-14(11)22-3/h4-7,12-13H,8-10H2,1-3H3,(H,18,19)(H,20,21)/t12?,13-/m1/s1. The first-order valence-electron chi connectivity index (χ1n) is 7.47. The number of nitrogens with one attached hydrogen (secondary N) is 1. The van der Waals surface area contributed by atoms with Gasteiger partial charge < -0.3 is 15.2 Å². The number of methoxy groups -OCH3 is 1. The molecule has 1 aliphatic carbocycles. The van der Waals surface area contributed by atoms with Crippen LogP contribution in [-0.2, 0) is 16.0 Å². The zero-order valence-corrected chi connectivity index (χ0v) is 13.3. The third-order valence-electron chi connectivity index (χ3n) is 4.36. The molecule has 1 aromatic rings. The summed E-state index contributed by atoms with van der Waals surface area (Å²) >= 11 is 0. The molecular weight excluding hydrogens is 282 g/mol. The van der Waals surface area contributed by atoms with Gasteiger partial charge in [-0.1, -0.05) is 32.0 Å². The Morgan fingerprint density at radius 1 is 1.41 bits per heavy atom. The van der Waals surface area contributed by atoms with Crippen molar-refractivity contribution in [2.75, 3.05) is 13.7 Å². The number of rotatable bonds is 7. The van der Waals surface area contributed by atoms with E-state index in [1.165, 1.54) is 0 Å². The second-order valence-corrected chi connectivity index (χ2v) is 6.54. The fourth-order valence-corrected chi connectivity index (χ4v) is 2.65. The molecule has 0 saturated heterocycles. The first kappa shape index (κ1) is 16.3. The van der Waals surface area contributed by atoms with E-state index in [1.807, 2.05) is 32.0 Å². The molecule has 1 saturated carbocycles. The molecule has 5 nitrogen and oxygen atoms in total. The van der Waals surface area contributed by atoms with E-state index in [0.29, 0.717) is 12.2 Å². The molecule has 120 valence electrons. The van der Waals surface area contributed by atoms with Crippen LogP contribution in [0.15, 0.2) is 24.3 Å². The Morgan fingerprint density at radius 3 is 2.59 bits per heavy atom. The number of para-hydroxylation sites is 1. The summed E-state index contributed by atoms with van der Waals surface area (Å²) in [4.78, 5) is 23.4. The van der Waals surface area contributed by atoms with Crippen LogP contribution in [0.4, 0.5) is 0 Å². The lowest BCUT2D eigenvalue weighted by Crippen LogP contribution is -2.35. The third-order valence-corrected chi connectivity index (χ3v) is 4.36. The van der Waals surface area contributed by atoms with Gasteiger partial charge in [0.25, 0.3) is 0 Å². The molecule has 1 amide bonds. The van der Waals surface area contributed by atoms with Crippen molar-refractivity contribution in [3.63, 3.8) is 0 Å². The maximum Gasteiger partial charge on any atom is 0.308 e. The van der Waals surface area contributed by atoms with Crippen molar-refractivity contribution in [1.82, 2.24) is 5.32 Å². The van der Waals surface area contributed by atoms with Gasteiger partial charge in [-0.2, -0.15) is 0 Å². The van der Waals surface area contributed by atoms with Gasteiger partial charge in [-0.25, -0.2) is 0 Å². The molecule has 1 aliphatic rings. The number of carboxylic acids is 1. The number of carbonyl (C=O) groups excluding carboxylic acids is 1. The maximum absolute atomic E-state index is 12.0. The highest BCUT2D eigenvalue weighted by Gasteiger charge is 2.50. The van der Waals surface area contributed by atoms with Gasteiger partial charge in [0, 0.05) is 12.5 Å². The minimum atomic E-state index is -0.915.